The molecule has 3 N–H and O–H groups in total. The van der Waals surface area contributed by atoms with Gasteiger partial charge in [-0.3, -0.25) is 19.7 Å². The number of anilines is 1. The summed E-state index contributed by atoms with van der Waals surface area (Å²) in [5.41, 5.74) is 4.91. The first kappa shape index (κ1) is 22.4. The van der Waals surface area contributed by atoms with E-state index in [1.165, 1.54) is 11.6 Å². The van der Waals surface area contributed by atoms with E-state index in [4.69, 9.17) is 5.21 Å². The van der Waals surface area contributed by atoms with E-state index in [0.29, 0.717) is 17.2 Å². The van der Waals surface area contributed by atoms with Gasteiger partial charge in [0.2, 0.25) is 0 Å². The first-order valence-corrected chi connectivity index (χ1v) is 10.9. The highest BCUT2D eigenvalue weighted by atomic mass is 16.5. The molecule has 0 unspecified atom stereocenters. The van der Waals surface area contributed by atoms with Gasteiger partial charge in [0.1, 0.15) is 5.82 Å². The predicted molar refractivity (Wildman–Crippen MR) is 127 cm³/mol. The highest BCUT2D eigenvalue weighted by Gasteiger charge is 2.22. The molecule has 1 fully saturated rings. The van der Waals surface area contributed by atoms with E-state index < -0.39 is 5.91 Å². The number of benzene rings is 2. The number of likely N-dealkylation sites (tertiary alicyclic amines) is 1. The Morgan fingerprint density at radius 3 is 2.48 bits per heavy atom. The molecule has 0 spiro atoms. The molecule has 1 amide bonds. The van der Waals surface area contributed by atoms with Gasteiger partial charge in [-0.05, 0) is 35.8 Å². The number of aromatic nitrogens is 1. The zero-order valence-electron chi connectivity index (χ0n) is 18.1. The smallest absolute Gasteiger partial charge is 0.267 e. The van der Waals surface area contributed by atoms with Crippen LogP contribution in [0.5, 0.6) is 0 Å². The summed E-state index contributed by atoms with van der Waals surface area (Å²) >= 11 is 0. The van der Waals surface area contributed by atoms with Gasteiger partial charge in [-0.2, -0.15) is 0 Å². The molecule has 1 aromatic heterocycles. The van der Waals surface area contributed by atoms with Crippen LogP contribution in [0.15, 0.2) is 79.0 Å². The number of pyridine rings is 1. The van der Waals surface area contributed by atoms with Crippen LogP contribution in [0.2, 0.25) is 0 Å². The number of hydrogen-bond donors (Lipinski definition) is 3. The summed E-state index contributed by atoms with van der Waals surface area (Å²) in [6, 6.07) is 21.2. The summed E-state index contributed by atoms with van der Waals surface area (Å²) in [7, 11) is 0. The van der Waals surface area contributed by atoms with Crippen molar-refractivity contribution in [3.8, 4) is 0 Å². The van der Waals surface area contributed by atoms with Crippen molar-refractivity contribution in [3.05, 3.63) is 101 Å². The molecule has 1 aliphatic rings. The Kier molecular flexibility index (Phi) is 7.24. The third-order valence-electron chi connectivity index (χ3n) is 5.61. The molecule has 4 rings (SSSR count). The molecule has 1 aliphatic heterocycles. The zero-order valence-corrected chi connectivity index (χ0v) is 18.1. The van der Waals surface area contributed by atoms with Crippen LogP contribution in [0, 0.1) is 0 Å². The van der Waals surface area contributed by atoms with Crippen LogP contribution in [0.25, 0.3) is 6.08 Å². The lowest BCUT2D eigenvalue weighted by Gasteiger charge is -2.17. The molecule has 7 heteroatoms. The van der Waals surface area contributed by atoms with Gasteiger partial charge in [-0.15, -0.1) is 0 Å². The second-order valence-corrected chi connectivity index (χ2v) is 8.04. The van der Waals surface area contributed by atoms with Crippen molar-refractivity contribution >= 4 is 23.6 Å². The van der Waals surface area contributed by atoms with Crippen molar-refractivity contribution in [2.45, 2.75) is 19.0 Å². The molecule has 168 valence electrons. The van der Waals surface area contributed by atoms with Gasteiger partial charge < -0.3 is 5.32 Å². The first-order valence-electron chi connectivity index (χ1n) is 10.9. The number of carbonyl (C=O) groups is 2. The van der Waals surface area contributed by atoms with E-state index in [-0.39, 0.29) is 5.78 Å². The topological polar surface area (TPSA) is 94.6 Å². The minimum atomic E-state index is -0.583. The number of carbonyl (C=O) groups excluding carboxylic acids is 2. The second-order valence-electron chi connectivity index (χ2n) is 8.04. The van der Waals surface area contributed by atoms with Crippen LogP contribution in [0.1, 0.15) is 33.5 Å². The third kappa shape index (κ3) is 6.12. The second kappa shape index (κ2) is 10.7. The van der Waals surface area contributed by atoms with Crippen molar-refractivity contribution < 1.29 is 14.8 Å². The molecule has 1 atom stereocenters. The van der Waals surface area contributed by atoms with Crippen LogP contribution in [0.3, 0.4) is 0 Å². The summed E-state index contributed by atoms with van der Waals surface area (Å²) in [6.07, 6.45) is 5.51. The van der Waals surface area contributed by atoms with Crippen LogP contribution in [-0.2, 0) is 11.3 Å². The average molecular weight is 443 g/mol. The van der Waals surface area contributed by atoms with E-state index in [1.54, 1.807) is 17.8 Å². The molecule has 1 saturated heterocycles. The molecule has 2 heterocycles. The molecule has 0 aliphatic carbocycles. The Bertz CT molecular complexity index is 1110. The molecule has 0 bridgehead atoms. The molecule has 2 aromatic carbocycles. The fraction of sp³-hybridized carbons (Fsp3) is 0.192. The van der Waals surface area contributed by atoms with Gasteiger partial charge >= 0.3 is 0 Å². The Balaban J connectivity index is 1.27. The average Bonchev–Trinajstić information content (AvgIpc) is 3.30. The van der Waals surface area contributed by atoms with Crippen LogP contribution < -0.4 is 10.8 Å². The Morgan fingerprint density at radius 2 is 1.79 bits per heavy atom. The summed E-state index contributed by atoms with van der Waals surface area (Å²) in [4.78, 5) is 30.4. The fourth-order valence-electron chi connectivity index (χ4n) is 3.88. The number of ketones is 1. The van der Waals surface area contributed by atoms with Gasteiger partial charge in [0.25, 0.3) is 5.91 Å². The monoisotopic (exact) mass is 442 g/mol. The molecule has 0 saturated carbocycles. The van der Waals surface area contributed by atoms with E-state index in [2.05, 4.69) is 15.2 Å². The van der Waals surface area contributed by atoms with Crippen LogP contribution in [-0.4, -0.2) is 45.9 Å². The number of rotatable bonds is 8. The quantitative estimate of drug-likeness (QED) is 0.214. The highest BCUT2D eigenvalue weighted by Crippen LogP contribution is 2.18. The van der Waals surface area contributed by atoms with Gasteiger partial charge in [-0.1, -0.05) is 54.6 Å². The Labute approximate surface area is 192 Å². The summed E-state index contributed by atoms with van der Waals surface area (Å²) in [5, 5.41) is 12.0. The first-order chi connectivity index (χ1) is 16.1. The van der Waals surface area contributed by atoms with Crippen LogP contribution >= 0.6 is 0 Å². The highest BCUT2D eigenvalue weighted by molar-refractivity contribution is 6.08. The van der Waals surface area contributed by atoms with Crippen LogP contribution in [0.4, 0.5) is 5.82 Å². The minimum Gasteiger partial charge on any atom is -0.366 e. The van der Waals surface area contributed by atoms with E-state index >= 15 is 0 Å². The Hall–Kier alpha value is -3.81. The van der Waals surface area contributed by atoms with Gasteiger partial charge in [0, 0.05) is 49.1 Å². The van der Waals surface area contributed by atoms with Crippen molar-refractivity contribution in [2.75, 3.05) is 18.4 Å². The largest absolute Gasteiger partial charge is 0.366 e. The maximum absolute atomic E-state index is 12.6. The Morgan fingerprint density at radius 1 is 1.03 bits per heavy atom. The number of hydroxylamine groups is 1. The van der Waals surface area contributed by atoms with Gasteiger partial charge in [0.15, 0.2) is 5.78 Å². The van der Waals surface area contributed by atoms with Gasteiger partial charge in [0.05, 0.1) is 0 Å². The van der Waals surface area contributed by atoms with E-state index in [9.17, 15) is 9.59 Å². The molecule has 0 radical (unpaired) electrons. The molecular weight excluding hydrogens is 416 g/mol. The van der Waals surface area contributed by atoms with Crippen molar-refractivity contribution in [3.63, 3.8) is 0 Å². The van der Waals surface area contributed by atoms with Crippen molar-refractivity contribution in [1.82, 2.24) is 15.4 Å². The lowest BCUT2D eigenvalue weighted by molar-refractivity contribution is -0.124. The zero-order chi connectivity index (χ0) is 23.0. The molecule has 3 aromatic rings. The molecule has 33 heavy (non-hydrogen) atoms. The summed E-state index contributed by atoms with van der Waals surface area (Å²) in [5.74, 6) is 0.244. The van der Waals surface area contributed by atoms with E-state index in [1.807, 2.05) is 66.7 Å². The number of nitrogens with zero attached hydrogens (tertiary/aromatic N) is 2. The maximum atomic E-state index is 12.6. The number of hydrogen-bond acceptors (Lipinski definition) is 6. The number of amides is 1. The minimum absolute atomic E-state index is 0.0401. The summed E-state index contributed by atoms with van der Waals surface area (Å²) < 4.78 is 0. The lowest BCUT2D eigenvalue weighted by atomic mass is 10.0. The fourth-order valence-corrected chi connectivity index (χ4v) is 3.88. The molecule has 7 nitrogen and oxygen atoms in total. The standard InChI is InChI=1S/C26H26N4O3/c31-25(29-33)13-9-19-8-12-24(27-16-19)28-23-14-15-30(18-23)17-20-6-10-22(11-7-20)26(32)21-4-2-1-3-5-21/h1-13,16,23,33H,14-15,17-18H2,(H,27,28)(H,29,31)/b13-9+/t23-/m1/s1. The van der Waals surface area contributed by atoms with Gasteiger partial charge in [-0.25, -0.2) is 10.5 Å². The molecular formula is C26H26N4O3. The lowest BCUT2D eigenvalue weighted by Crippen LogP contribution is -2.26. The third-order valence-corrected chi connectivity index (χ3v) is 5.61. The predicted octanol–water partition coefficient (Wildman–Crippen LogP) is 3.52. The SMILES string of the molecule is O=C(/C=C/c1ccc(N[C@@H]2CCN(Cc3ccc(C(=O)c4ccccc4)cc3)C2)nc1)NO. The number of nitrogens with one attached hydrogen (secondary N) is 2. The van der Waals surface area contributed by atoms with E-state index in [0.717, 1.165) is 37.4 Å². The summed E-state index contributed by atoms with van der Waals surface area (Å²) in [6.45, 7) is 2.73. The normalized spacial score (nSPS) is 16.1. The van der Waals surface area contributed by atoms with Crippen molar-refractivity contribution in [1.29, 1.82) is 0 Å². The van der Waals surface area contributed by atoms with Crippen molar-refractivity contribution in [2.24, 2.45) is 0 Å². The maximum Gasteiger partial charge on any atom is 0.267 e.